The molecule has 142 valence electrons. The van der Waals surface area contributed by atoms with Crippen molar-refractivity contribution >= 4 is 0 Å². The van der Waals surface area contributed by atoms with Crippen LogP contribution >= 0.6 is 0 Å². The van der Waals surface area contributed by atoms with Crippen molar-refractivity contribution in [2.45, 2.75) is 61.4 Å². The number of ether oxygens (including phenoxy) is 4. The monoisotopic (exact) mass is 356 g/mol. The largest absolute Gasteiger partial charge is 0.394 e. The topological polar surface area (TPSA) is 179 Å². The van der Waals surface area contributed by atoms with E-state index < -0.39 is 74.6 Å². The van der Waals surface area contributed by atoms with E-state index in [2.05, 4.69) is 0 Å². The highest BCUT2D eigenvalue weighted by Gasteiger charge is 2.50. The normalized spacial score (nSPS) is 50.0. The lowest BCUT2D eigenvalue weighted by molar-refractivity contribution is -0.357. The molecule has 2 heterocycles. The van der Waals surface area contributed by atoms with Crippen molar-refractivity contribution in [3.63, 3.8) is 0 Å². The predicted octanol–water partition coefficient (Wildman–Crippen LogP) is -4.74. The molecule has 0 aromatic rings. The third-order valence-electron chi connectivity index (χ3n) is 4.19. The average molecular weight is 356 g/mol. The molecule has 2 saturated heterocycles. The van der Waals surface area contributed by atoms with E-state index in [0.29, 0.717) is 0 Å². The van der Waals surface area contributed by atoms with Gasteiger partial charge in [0.1, 0.15) is 48.8 Å². The standard InChI is InChI=1S/C13H24O11/c1-21-12-10(20)8(18)11(5(3-15)23-12)24-13-9(19)7(17)6(16)4(2-14)22-13/h4-20H,2-3H2,1H3/t4-,5-,6+,7+,8-,9-,10-,11-,12+,13+/m1/s1. The molecular formula is C13H24O11. The molecule has 2 aliphatic heterocycles. The molecule has 0 saturated carbocycles. The maximum Gasteiger partial charge on any atom is 0.187 e. The van der Waals surface area contributed by atoms with Crippen LogP contribution < -0.4 is 0 Å². The van der Waals surface area contributed by atoms with E-state index in [0.717, 1.165) is 0 Å². The molecule has 0 amide bonds. The molecule has 2 fully saturated rings. The van der Waals surface area contributed by atoms with Crippen molar-refractivity contribution in [3.05, 3.63) is 0 Å². The summed E-state index contributed by atoms with van der Waals surface area (Å²) in [7, 11) is 1.24. The van der Waals surface area contributed by atoms with Crippen molar-refractivity contribution in [3.8, 4) is 0 Å². The second-order valence-corrected chi connectivity index (χ2v) is 5.74. The van der Waals surface area contributed by atoms with Crippen LogP contribution in [0.1, 0.15) is 0 Å². The molecule has 2 rings (SSSR count). The fraction of sp³-hybridized carbons (Fsp3) is 1.00. The third-order valence-corrected chi connectivity index (χ3v) is 4.19. The average Bonchev–Trinajstić information content (AvgIpc) is 2.59. The zero-order valence-corrected chi connectivity index (χ0v) is 13.0. The maximum atomic E-state index is 10.2. The highest BCUT2D eigenvalue weighted by Crippen LogP contribution is 2.29. The minimum atomic E-state index is -1.69. The van der Waals surface area contributed by atoms with Crippen LogP contribution in [0.3, 0.4) is 0 Å². The van der Waals surface area contributed by atoms with Gasteiger partial charge in [-0.05, 0) is 0 Å². The summed E-state index contributed by atoms with van der Waals surface area (Å²) in [6, 6.07) is 0. The first-order valence-electron chi connectivity index (χ1n) is 7.46. The minimum absolute atomic E-state index is 0.592. The van der Waals surface area contributed by atoms with E-state index in [1.54, 1.807) is 0 Å². The molecule has 11 nitrogen and oxygen atoms in total. The lowest BCUT2D eigenvalue weighted by Gasteiger charge is -2.45. The molecule has 0 aromatic carbocycles. The number of hydrogen-bond donors (Lipinski definition) is 7. The van der Waals surface area contributed by atoms with Crippen LogP contribution in [0.25, 0.3) is 0 Å². The molecule has 24 heavy (non-hydrogen) atoms. The Kier molecular flexibility index (Phi) is 6.87. The van der Waals surface area contributed by atoms with Gasteiger partial charge < -0.3 is 54.7 Å². The van der Waals surface area contributed by atoms with Crippen molar-refractivity contribution < 1.29 is 54.7 Å². The van der Waals surface area contributed by atoms with Gasteiger partial charge in [0.15, 0.2) is 12.6 Å². The first kappa shape index (κ1) is 19.9. The molecule has 0 radical (unpaired) electrons. The SMILES string of the molecule is CO[C@H]1O[C@H](CO)[C@@H](O[C@@H]2O[C@H](CO)[C@H](O)[C@H](O)[C@H]2O)[C@H](O)[C@H]1O. The van der Waals surface area contributed by atoms with Gasteiger partial charge in [-0.15, -0.1) is 0 Å². The number of hydrogen-bond acceptors (Lipinski definition) is 11. The number of rotatable bonds is 5. The number of aliphatic hydroxyl groups excluding tert-OH is 7. The van der Waals surface area contributed by atoms with Crippen LogP contribution in [0.2, 0.25) is 0 Å². The van der Waals surface area contributed by atoms with Crippen LogP contribution in [-0.2, 0) is 18.9 Å². The van der Waals surface area contributed by atoms with Crippen molar-refractivity contribution in [2.24, 2.45) is 0 Å². The molecule has 0 aliphatic carbocycles. The van der Waals surface area contributed by atoms with E-state index in [1.807, 2.05) is 0 Å². The first-order chi connectivity index (χ1) is 11.3. The second-order valence-electron chi connectivity index (χ2n) is 5.74. The molecule has 2 aliphatic rings. The van der Waals surface area contributed by atoms with Gasteiger partial charge in [0.05, 0.1) is 13.2 Å². The highest BCUT2D eigenvalue weighted by atomic mass is 16.7. The van der Waals surface area contributed by atoms with Crippen LogP contribution in [0.15, 0.2) is 0 Å². The minimum Gasteiger partial charge on any atom is -0.394 e. The molecule has 0 bridgehead atoms. The van der Waals surface area contributed by atoms with Crippen LogP contribution in [0.5, 0.6) is 0 Å². The van der Waals surface area contributed by atoms with Gasteiger partial charge in [-0.2, -0.15) is 0 Å². The molecule has 0 aromatic heterocycles. The Labute approximate surface area is 137 Å². The number of aliphatic hydroxyl groups is 7. The van der Waals surface area contributed by atoms with Gasteiger partial charge in [-0.25, -0.2) is 0 Å². The maximum absolute atomic E-state index is 10.2. The first-order valence-corrected chi connectivity index (χ1v) is 7.46. The van der Waals surface area contributed by atoms with Crippen molar-refractivity contribution in [2.75, 3.05) is 20.3 Å². The Hall–Kier alpha value is -0.440. The van der Waals surface area contributed by atoms with Crippen LogP contribution in [-0.4, -0.2) is 117 Å². The van der Waals surface area contributed by atoms with Crippen molar-refractivity contribution in [1.29, 1.82) is 0 Å². The summed E-state index contributed by atoms with van der Waals surface area (Å²) in [5.74, 6) is 0. The predicted molar refractivity (Wildman–Crippen MR) is 73.4 cm³/mol. The van der Waals surface area contributed by atoms with Gasteiger partial charge in [0, 0.05) is 7.11 Å². The summed E-state index contributed by atoms with van der Waals surface area (Å²) >= 11 is 0. The quantitative estimate of drug-likeness (QED) is 0.251. The summed E-state index contributed by atoms with van der Waals surface area (Å²) < 4.78 is 20.6. The van der Waals surface area contributed by atoms with E-state index in [9.17, 15) is 30.6 Å². The fourth-order valence-corrected chi connectivity index (χ4v) is 2.75. The summed E-state index contributed by atoms with van der Waals surface area (Å²) in [6.07, 6.45) is -14.3. The summed E-state index contributed by atoms with van der Waals surface area (Å²) in [5.41, 5.74) is 0. The summed E-state index contributed by atoms with van der Waals surface area (Å²) in [4.78, 5) is 0. The zero-order chi connectivity index (χ0) is 18.0. The summed E-state index contributed by atoms with van der Waals surface area (Å²) in [6.45, 7) is -1.24. The Morgan fingerprint density at radius 2 is 1.25 bits per heavy atom. The molecule has 11 heteroatoms. The smallest absolute Gasteiger partial charge is 0.187 e. The van der Waals surface area contributed by atoms with Crippen LogP contribution in [0.4, 0.5) is 0 Å². The Morgan fingerprint density at radius 3 is 1.79 bits per heavy atom. The lowest BCUT2D eigenvalue weighted by Crippen LogP contribution is -2.64. The number of methoxy groups -OCH3 is 1. The Balaban J connectivity index is 2.12. The van der Waals surface area contributed by atoms with E-state index in [-0.39, 0.29) is 0 Å². The third kappa shape index (κ3) is 3.71. The molecule has 0 unspecified atom stereocenters. The van der Waals surface area contributed by atoms with Gasteiger partial charge in [-0.3, -0.25) is 0 Å². The lowest BCUT2D eigenvalue weighted by atomic mass is 9.97. The van der Waals surface area contributed by atoms with E-state index >= 15 is 0 Å². The molecular weight excluding hydrogens is 332 g/mol. The van der Waals surface area contributed by atoms with Gasteiger partial charge in [0.2, 0.25) is 0 Å². The fourth-order valence-electron chi connectivity index (χ4n) is 2.75. The molecule has 7 N–H and O–H groups in total. The second kappa shape index (κ2) is 8.29. The Morgan fingerprint density at radius 1 is 0.708 bits per heavy atom. The molecule has 0 spiro atoms. The van der Waals surface area contributed by atoms with Gasteiger partial charge in [-0.1, -0.05) is 0 Å². The molecule has 10 atom stereocenters. The van der Waals surface area contributed by atoms with E-state index in [1.165, 1.54) is 7.11 Å². The van der Waals surface area contributed by atoms with Crippen molar-refractivity contribution in [1.82, 2.24) is 0 Å². The van der Waals surface area contributed by atoms with Gasteiger partial charge in [0.25, 0.3) is 0 Å². The van der Waals surface area contributed by atoms with Crippen LogP contribution in [0, 0.1) is 0 Å². The highest BCUT2D eigenvalue weighted by molar-refractivity contribution is 4.93. The van der Waals surface area contributed by atoms with E-state index in [4.69, 9.17) is 24.1 Å². The summed E-state index contributed by atoms with van der Waals surface area (Å²) in [5, 5.41) is 68.0. The Bertz CT molecular complexity index is 392. The zero-order valence-electron chi connectivity index (χ0n) is 13.0. The van der Waals surface area contributed by atoms with Gasteiger partial charge >= 0.3 is 0 Å².